The first-order valence-corrected chi connectivity index (χ1v) is 9.37. The van der Waals surface area contributed by atoms with Gasteiger partial charge in [-0.3, -0.25) is 5.01 Å². The number of nitrogens with zero attached hydrogens (tertiary/aromatic N) is 2. The third kappa shape index (κ3) is 3.43. The number of para-hydroxylation sites is 1. The van der Waals surface area contributed by atoms with E-state index in [2.05, 4.69) is 19.9 Å². The Morgan fingerprint density at radius 3 is 2.74 bits per heavy atom. The highest BCUT2D eigenvalue weighted by Crippen LogP contribution is 2.47. The summed E-state index contributed by atoms with van der Waals surface area (Å²) < 4.78 is 33.7. The third-order valence-electron chi connectivity index (χ3n) is 5.72. The van der Waals surface area contributed by atoms with Crippen molar-refractivity contribution in [2.75, 3.05) is 13.7 Å². The maximum Gasteiger partial charge on any atom is 0.132 e. The van der Waals surface area contributed by atoms with Crippen molar-refractivity contribution in [2.45, 2.75) is 39.2 Å². The fourth-order valence-electron chi connectivity index (χ4n) is 4.05. The molecule has 3 nitrogen and oxygen atoms in total. The van der Waals surface area contributed by atoms with Gasteiger partial charge in [-0.25, -0.2) is 8.78 Å². The van der Waals surface area contributed by atoms with Crippen LogP contribution in [0.25, 0.3) is 0 Å². The molecular formula is C22H26F2N2O. The normalized spacial score (nSPS) is 20.6. The van der Waals surface area contributed by atoms with Crippen LogP contribution in [0.5, 0.6) is 5.75 Å². The van der Waals surface area contributed by atoms with Crippen LogP contribution in [0.15, 0.2) is 47.6 Å². The highest BCUT2D eigenvalue weighted by molar-refractivity contribution is 5.98. The van der Waals surface area contributed by atoms with Gasteiger partial charge in [-0.2, -0.15) is 5.10 Å². The Morgan fingerprint density at radius 2 is 2.00 bits per heavy atom. The van der Waals surface area contributed by atoms with Gasteiger partial charge < -0.3 is 4.74 Å². The standard InChI is InChI=1S/C22H26F2N2O/c1-5-15(2)22(12-13-27-21-9-7-6-8-19(21)22)26(4)25-16(3)18-14-17(23)10-11-20(18)24/h6-11,14-15H,5,12-13H2,1-4H3/b25-16+. The van der Waals surface area contributed by atoms with Crippen LogP contribution in [0, 0.1) is 17.6 Å². The van der Waals surface area contributed by atoms with Gasteiger partial charge in [-0.15, -0.1) is 0 Å². The Labute approximate surface area is 159 Å². The van der Waals surface area contributed by atoms with Crippen molar-refractivity contribution in [1.29, 1.82) is 0 Å². The van der Waals surface area contributed by atoms with Crippen LogP contribution in [0.2, 0.25) is 0 Å². The molecule has 1 aliphatic heterocycles. The summed E-state index contributed by atoms with van der Waals surface area (Å²) in [5.41, 5.74) is 1.35. The summed E-state index contributed by atoms with van der Waals surface area (Å²) in [7, 11) is 1.91. The fourth-order valence-corrected chi connectivity index (χ4v) is 4.05. The van der Waals surface area contributed by atoms with Crippen molar-refractivity contribution in [1.82, 2.24) is 5.01 Å². The molecule has 1 heterocycles. The SMILES string of the molecule is CCC(C)C1(N(C)/N=C(\C)c2cc(F)ccc2F)CCOc2ccccc21. The molecule has 0 fully saturated rings. The molecule has 144 valence electrons. The Hall–Kier alpha value is -2.43. The monoisotopic (exact) mass is 372 g/mol. The molecule has 2 atom stereocenters. The smallest absolute Gasteiger partial charge is 0.132 e. The number of hydrogen-bond acceptors (Lipinski definition) is 3. The van der Waals surface area contributed by atoms with E-state index in [-0.39, 0.29) is 11.1 Å². The van der Waals surface area contributed by atoms with E-state index in [1.54, 1.807) is 6.92 Å². The van der Waals surface area contributed by atoms with Gasteiger partial charge in [0.05, 0.1) is 17.9 Å². The minimum absolute atomic E-state index is 0.182. The molecule has 2 unspecified atom stereocenters. The van der Waals surface area contributed by atoms with Gasteiger partial charge in [-0.1, -0.05) is 38.5 Å². The Morgan fingerprint density at radius 1 is 1.26 bits per heavy atom. The van der Waals surface area contributed by atoms with E-state index < -0.39 is 11.6 Å². The van der Waals surface area contributed by atoms with Crippen LogP contribution in [0.4, 0.5) is 8.78 Å². The largest absolute Gasteiger partial charge is 0.493 e. The summed E-state index contributed by atoms with van der Waals surface area (Å²) in [5.74, 6) is 0.204. The molecule has 5 heteroatoms. The van der Waals surface area contributed by atoms with Crippen LogP contribution in [0.1, 0.15) is 44.7 Å². The summed E-state index contributed by atoms with van der Waals surface area (Å²) in [6.45, 7) is 6.66. The Kier molecular flexibility index (Phi) is 5.49. The summed E-state index contributed by atoms with van der Waals surface area (Å²) in [6.07, 6.45) is 1.74. The number of hydrazone groups is 1. The van der Waals surface area contributed by atoms with Gasteiger partial charge in [0, 0.05) is 24.6 Å². The first-order chi connectivity index (χ1) is 12.9. The van der Waals surface area contributed by atoms with E-state index in [1.165, 1.54) is 6.07 Å². The van der Waals surface area contributed by atoms with Crippen LogP contribution >= 0.6 is 0 Å². The molecule has 0 amide bonds. The molecule has 0 saturated carbocycles. The molecule has 2 aromatic rings. The van der Waals surface area contributed by atoms with Crippen molar-refractivity contribution < 1.29 is 13.5 Å². The lowest BCUT2D eigenvalue weighted by atomic mass is 9.73. The molecule has 1 aliphatic rings. The highest BCUT2D eigenvalue weighted by atomic mass is 19.1. The average molecular weight is 372 g/mol. The predicted molar refractivity (Wildman–Crippen MR) is 104 cm³/mol. The summed E-state index contributed by atoms with van der Waals surface area (Å²) in [4.78, 5) is 0. The Balaban J connectivity index is 2.08. The number of fused-ring (bicyclic) bond motifs is 1. The lowest BCUT2D eigenvalue weighted by Gasteiger charge is -2.48. The second-order valence-electron chi connectivity index (χ2n) is 7.16. The number of rotatable bonds is 5. The van der Waals surface area contributed by atoms with Gasteiger partial charge in [0.15, 0.2) is 0 Å². The van der Waals surface area contributed by atoms with Crippen molar-refractivity contribution in [3.63, 3.8) is 0 Å². The highest BCUT2D eigenvalue weighted by Gasteiger charge is 2.45. The number of ether oxygens (including phenoxy) is 1. The molecule has 0 saturated heterocycles. The molecule has 0 aliphatic carbocycles. The van der Waals surface area contributed by atoms with E-state index in [4.69, 9.17) is 9.84 Å². The van der Waals surface area contributed by atoms with Gasteiger partial charge in [0.25, 0.3) is 0 Å². The van der Waals surface area contributed by atoms with Gasteiger partial charge >= 0.3 is 0 Å². The first kappa shape index (κ1) is 19.3. The molecule has 27 heavy (non-hydrogen) atoms. The zero-order valence-corrected chi connectivity index (χ0v) is 16.3. The third-order valence-corrected chi connectivity index (χ3v) is 5.72. The quantitative estimate of drug-likeness (QED) is 0.522. The molecule has 0 bridgehead atoms. The van der Waals surface area contributed by atoms with Crippen LogP contribution in [0.3, 0.4) is 0 Å². The van der Waals surface area contributed by atoms with E-state index in [0.717, 1.165) is 36.3 Å². The second kappa shape index (κ2) is 7.67. The van der Waals surface area contributed by atoms with Crippen LogP contribution < -0.4 is 4.74 Å². The van der Waals surface area contributed by atoms with E-state index in [0.29, 0.717) is 18.2 Å². The zero-order valence-electron chi connectivity index (χ0n) is 16.3. The minimum Gasteiger partial charge on any atom is -0.493 e. The zero-order chi connectivity index (χ0) is 19.6. The fraction of sp³-hybridized carbons (Fsp3) is 0.409. The van der Waals surface area contributed by atoms with Crippen LogP contribution in [-0.2, 0) is 5.54 Å². The molecular weight excluding hydrogens is 346 g/mol. The number of benzene rings is 2. The molecule has 0 spiro atoms. The van der Waals surface area contributed by atoms with E-state index >= 15 is 0 Å². The molecule has 0 N–H and O–H groups in total. The average Bonchev–Trinajstić information content (AvgIpc) is 2.68. The first-order valence-electron chi connectivity index (χ1n) is 9.37. The maximum atomic E-state index is 14.2. The minimum atomic E-state index is -0.476. The van der Waals surface area contributed by atoms with Crippen molar-refractivity contribution in [3.05, 3.63) is 65.2 Å². The van der Waals surface area contributed by atoms with Crippen LogP contribution in [-0.4, -0.2) is 24.4 Å². The number of hydrogen-bond donors (Lipinski definition) is 0. The summed E-state index contributed by atoms with van der Waals surface area (Å²) >= 11 is 0. The van der Waals surface area contributed by atoms with Crippen molar-refractivity contribution in [2.24, 2.45) is 11.0 Å². The lowest BCUT2D eigenvalue weighted by molar-refractivity contribution is 0.0174. The van der Waals surface area contributed by atoms with E-state index in [9.17, 15) is 8.78 Å². The maximum absolute atomic E-state index is 14.2. The van der Waals surface area contributed by atoms with Crippen molar-refractivity contribution in [3.8, 4) is 5.75 Å². The van der Waals surface area contributed by atoms with E-state index in [1.807, 2.05) is 30.3 Å². The molecule has 3 rings (SSSR count). The van der Waals surface area contributed by atoms with Gasteiger partial charge in [0.2, 0.25) is 0 Å². The number of halogens is 2. The molecule has 0 radical (unpaired) electrons. The molecule has 0 aromatic heterocycles. The molecule has 2 aromatic carbocycles. The van der Waals surface area contributed by atoms with Crippen molar-refractivity contribution >= 4 is 5.71 Å². The Bertz CT molecular complexity index is 852. The predicted octanol–water partition coefficient (Wildman–Crippen LogP) is 5.34. The lowest BCUT2D eigenvalue weighted by Crippen LogP contribution is -2.49. The van der Waals surface area contributed by atoms with Gasteiger partial charge in [-0.05, 0) is 37.1 Å². The topological polar surface area (TPSA) is 24.8 Å². The van der Waals surface area contributed by atoms with Gasteiger partial charge in [0.1, 0.15) is 17.4 Å². The summed E-state index contributed by atoms with van der Waals surface area (Å²) in [6, 6.07) is 11.5. The summed E-state index contributed by atoms with van der Waals surface area (Å²) in [5, 5.41) is 6.62. The second-order valence-corrected chi connectivity index (χ2v) is 7.16.